The number of carboxylic acids is 1. The highest BCUT2D eigenvalue weighted by Gasteiger charge is 2.29. The van der Waals surface area contributed by atoms with Crippen LogP contribution in [0.2, 0.25) is 0 Å². The van der Waals surface area contributed by atoms with E-state index in [1.54, 1.807) is 0 Å². The lowest BCUT2D eigenvalue weighted by Crippen LogP contribution is -2.02. The number of hydrogen-bond acceptors (Lipinski definition) is 5. The van der Waals surface area contributed by atoms with E-state index in [9.17, 15) is 4.79 Å². The fourth-order valence-electron chi connectivity index (χ4n) is 2.43. The van der Waals surface area contributed by atoms with E-state index < -0.39 is 5.97 Å². The van der Waals surface area contributed by atoms with Gasteiger partial charge in [-0.05, 0) is 18.9 Å². The molecule has 1 aliphatic heterocycles. The number of carboxylic acid groups (broad SMARTS) is 1. The van der Waals surface area contributed by atoms with Crippen molar-refractivity contribution in [2.75, 3.05) is 6.61 Å². The lowest BCUT2D eigenvalue weighted by molar-refractivity contribution is -0.137. The van der Waals surface area contributed by atoms with Crippen LogP contribution >= 0.6 is 0 Å². The van der Waals surface area contributed by atoms with E-state index >= 15 is 0 Å². The second-order valence-corrected chi connectivity index (χ2v) is 5.04. The minimum Gasteiger partial charge on any atom is -0.492 e. The van der Waals surface area contributed by atoms with Gasteiger partial charge in [-0.2, -0.15) is 0 Å². The van der Waals surface area contributed by atoms with Crippen LogP contribution in [0.3, 0.4) is 0 Å². The Balaban J connectivity index is 1.62. The van der Waals surface area contributed by atoms with Crippen LogP contribution in [0.4, 0.5) is 0 Å². The van der Waals surface area contributed by atoms with Crippen molar-refractivity contribution in [1.82, 2.24) is 10.2 Å². The normalized spacial score (nSPS) is 16.5. The van der Waals surface area contributed by atoms with Crippen molar-refractivity contribution < 1.29 is 19.1 Å². The number of benzene rings is 1. The average molecular weight is 288 g/mol. The summed E-state index contributed by atoms with van der Waals surface area (Å²) in [7, 11) is 0. The van der Waals surface area contributed by atoms with E-state index in [1.807, 2.05) is 24.3 Å². The van der Waals surface area contributed by atoms with Crippen LogP contribution in [0, 0.1) is 0 Å². The molecule has 6 heteroatoms. The number of para-hydroxylation sites is 1. The van der Waals surface area contributed by atoms with Gasteiger partial charge in [0, 0.05) is 18.4 Å². The second-order valence-electron chi connectivity index (χ2n) is 5.04. The number of carbonyl (C=O) groups is 1. The van der Waals surface area contributed by atoms with Gasteiger partial charge in [0.1, 0.15) is 12.4 Å². The van der Waals surface area contributed by atoms with Crippen molar-refractivity contribution >= 4 is 5.97 Å². The molecule has 0 fully saturated rings. The Morgan fingerprint density at radius 2 is 2.14 bits per heavy atom. The number of unbranched alkanes of at least 4 members (excludes halogenated alkanes) is 1. The highest BCUT2D eigenvalue weighted by molar-refractivity contribution is 5.66. The summed E-state index contributed by atoms with van der Waals surface area (Å²) in [5.41, 5.74) is 1.07. The molecule has 1 aromatic heterocycles. The Kier molecular flexibility index (Phi) is 3.85. The maximum absolute atomic E-state index is 10.4. The third kappa shape index (κ3) is 3.04. The Hall–Kier alpha value is -2.37. The first-order valence-corrected chi connectivity index (χ1v) is 7.00. The maximum atomic E-state index is 10.4. The Bertz CT molecular complexity index is 638. The predicted molar refractivity (Wildman–Crippen MR) is 73.3 cm³/mol. The van der Waals surface area contributed by atoms with Crippen molar-refractivity contribution in [2.24, 2.45) is 0 Å². The zero-order valence-electron chi connectivity index (χ0n) is 11.5. The molecule has 0 saturated carbocycles. The number of nitrogens with zero attached hydrogens (tertiary/aromatic N) is 2. The Morgan fingerprint density at radius 1 is 1.29 bits per heavy atom. The summed E-state index contributed by atoms with van der Waals surface area (Å²) in [5, 5.41) is 16.7. The lowest BCUT2D eigenvalue weighted by Gasteiger charge is -2.01. The number of rotatable bonds is 6. The van der Waals surface area contributed by atoms with Crippen molar-refractivity contribution in [2.45, 2.75) is 31.6 Å². The third-order valence-corrected chi connectivity index (χ3v) is 3.51. The van der Waals surface area contributed by atoms with Gasteiger partial charge in [-0.25, -0.2) is 0 Å². The van der Waals surface area contributed by atoms with Crippen molar-refractivity contribution in [3.05, 3.63) is 41.6 Å². The summed E-state index contributed by atoms with van der Waals surface area (Å²) >= 11 is 0. The molecule has 1 unspecified atom stereocenters. The molecule has 0 amide bonds. The SMILES string of the molecule is O=C(O)CCCCc1nnc(C2COc3ccccc32)o1. The number of fused-ring (bicyclic) bond motifs is 1. The van der Waals surface area contributed by atoms with Crippen LogP contribution in [0.15, 0.2) is 28.7 Å². The van der Waals surface area contributed by atoms with Gasteiger partial charge in [-0.3, -0.25) is 4.79 Å². The summed E-state index contributed by atoms with van der Waals surface area (Å²) in [4.78, 5) is 10.4. The number of aliphatic carboxylic acids is 1. The molecule has 1 aliphatic rings. The first-order valence-electron chi connectivity index (χ1n) is 7.00. The van der Waals surface area contributed by atoms with Crippen LogP contribution < -0.4 is 4.74 Å². The molecule has 6 nitrogen and oxygen atoms in total. The smallest absolute Gasteiger partial charge is 0.303 e. The summed E-state index contributed by atoms with van der Waals surface area (Å²) < 4.78 is 11.3. The number of hydrogen-bond donors (Lipinski definition) is 1. The van der Waals surface area contributed by atoms with Crippen LogP contribution in [0.1, 0.15) is 42.5 Å². The van der Waals surface area contributed by atoms with E-state index in [-0.39, 0.29) is 12.3 Å². The summed E-state index contributed by atoms with van der Waals surface area (Å²) in [6.45, 7) is 0.514. The quantitative estimate of drug-likeness (QED) is 0.821. The molecule has 1 atom stereocenters. The van der Waals surface area contributed by atoms with Crippen molar-refractivity contribution in [1.29, 1.82) is 0 Å². The van der Waals surface area contributed by atoms with Gasteiger partial charge in [0.25, 0.3) is 0 Å². The van der Waals surface area contributed by atoms with E-state index in [0.717, 1.165) is 17.7 Å². The van der Waals surface area contributed by atoms with Gasteiger partial charge in [0.15, 0.2) is 0 Å². The Labute approximate surface area is 121 Å². The molecular weight excluding hydrogens is 272 g/mol. The van der Waals surface area contributed by atoms with Crippen molar-refractivity contribution in [3.8, 4) is 5.75 Å². The zero-order valence-corrected chi connectivity index (χ0v) is 11.5. The van der Waals surface area contributed by atoms with Gasteiger partial charge in [-0.1, -0.05) is 18.2 Å². The molecule has 0 bridgehead atoms. The first kappa shape index (κ1) is 13.6. The molecule has 110 valence electrons. The molecule has 2 heterocycles. The summed E-state index contributed by atoms with van der Waals surface area (Å²) in [6, 6.07) is 7.83. The van der Waals surface area contributed by atoms with E-state index in [0.29, 0.717) is 31.2 Å². The van der Waals surface area contributed by atoms with Gasteiger partial charge in [0.05, 0.1) is 5.92 Å². The molecule has 0 aliphatic carbocycles. The van der Waals surface area contributed by atoms with Crippen LogP contribution in [0.25, 0.3) is 0 Å². The second kappa shape index (κ2) is 5.95. The fourth-order valence-corrected chi connectivity index (χ4v) is 2.43. The summed E-state index contributed by atoms with van der Waals surface area (Å²) in [5.74, 6) is 1.19. The van der Waals surface area contributed by atoms with Crippen LogP contribution in [-0.2, 0) is 11.2 Å². The van der Waals surface area contributed by atoms with Gasteiger partial charge in [-0.15, -0.1) is 10.2 Å². The van der Waals surface area contributed by atoms with Crippen LogP contribution in [0.5, 0.6) is 5.75 Å². The van der Waals surface area contributed by atoms with E-state index in [1.165, 1.54) is 0 Å². The largest absolute Gasteiger partial charge is 0.492 e. The van der Waals surface area contributed by atoms with E-state index in [4.69, 9.17) is 14.3 Å². The monoisotopic (exact) mass is 288 g/mol. The molecular formula is C15H16N2O4. The minimum absolute atomic E-state index is 0.0125. The molecule has 1 N–H and O–H groups in total. The molecule has 2 aromatic rings. The number of ether oxygens (including phenoxy) is 1. The summed E-state index contributed by atoms with van der Waals surface area (Å²) in [6.07, 6.45) is 2.12. The average Bonchev–Trinajstić information content (AvgIpc) is 3.09. The highest BCUT2D eigenvalue weighted by atomic mass is 16.5. The molecule has 1 aromatic carbocycles. The van der Waals surface area contributed by atoms with E-state index in [2.05, 4.69) is 10.2 Å². The lowest BCUT2D eigenvalue weighted by atomic mass is 10.0. The molecule has 0 saturated heterocycles. The van der Waals surface area contributed by atoms with Gasteiger partial charge in [0.2, 0.25) is 11.8 Å². The minimum atomic E-state index is -0.777. The third-order valence-electron chi connectivity index (χ3n) is 3.51. The maximum Gasteiger partial charge on any atom is 0.303 e. The van der Waals surface area contributed by atoms with Crippen molar-refractivity contribution in [3.63, 3.8) is 0 Å². The first-order chi connectivity index (χ1) is 10.2. The number of aromatic nitrogens is 2. The van der Waals surface area contributed by atoms with Gasteiger partial charge < -0.3 is 14.3 Å². The topological polar surface area (TPSA) is 85.5 Å². The molecule has 3 rings (SSSR count). The van der Waals surface area contributed by atoms with Gasteiger partial charge >= 0.3 is 5.97 Å². The standard InChI is InChI=1S/C15H16N2O4/c18-14(19)8-4-3-7-13-16-17-15(21-13)11-9-20-12-6-2-1-5-10(11)12/h1-2,5-6,11H,3-4,7-9H2,(H,18,19). The molecule has 21 heavy (non-hydrogen) atoms. The number of aryl methyl sites for hydroxylation is 1. The Morgan fingerprint density at radius 3 is 3.00 bits per heavy atom. The highest BCUT2D eigenvalue weighted by Crippen LogP contribution is 2.37. The van der Waals surface area contributed by atoms with Crippen LogP contribution in [-0.4, -0.2) is 27.9 Å². The predicted octanol–water partition coefficient (Wildman–Crippen LogP) is 2.39. The zero-order chi connectivity index (χ0) is 14.7. The molecule has 0 radical (unpaired) electrons. The molecule has 0 spiro atoms. The fraction of sp³-hybridized carbons (Fsp3) is 0.400.